The van der Waals surface area contributed by atoms with E-state index in [1.54, 1.807) is 6.08 Å². The standard InChI is InChI=1S/C13H15NO/c1-2-3-5-10-13(15)14-11-12-8-6-4-7-9-12/h2-10H,11H2,1H3,(H,14,15)/b3-2+,10-5+. The Balaban J connectivity index is 2.35. The van der Waals surface area contributed by atoms with Crippen LogP contribution in [0.1, 0.15) is 12.5 Å². The molecule has 0 fully saturated rings. The van der Waals surface area contributed by atoms with Gasteiger partial charge in [-0.1, -0.05) is 48.6 Å². The van der Waals surface area contributed by atoms with Crippen molar-refractivity contribution in [2.24, 2.45) is 0 Å². The van der Waals surface area contributed by atoms with Gasteiger partial charge in [0.05, 0.1) is 0 Å². The predicted octanol–water partition coefficient (Wildman–Crippen LogP) is 2.44. The number of hydrogen-bond donors (Lipinski definition) is 1. The first kappa shape index (κ1) is 11.2. The Kier molecular flexibility index (Phi) is 4.95. The Morgan fingerprint density at radius 2 is 2.00 bits per heavy atom. The topological polar surface area (TPSA) is 29.1 Å². The van der Waals surface area contributed by atoms with Crippen LogP contribution in [-0.4, -0.2) is 5.91 Å². The highest BCUT2D eigenvalue weighted by molar-refractivity contribution is 5.87. The lowest BCUT2D eigenvalue weighted by Crippen LogP contribution is -2.20. The third-order valence-corrected chi connectivity index (χ3v) is 1.86. The maximum absolute atomic E-state index is 11.3. The Hall–Kier alpha value is -1.83. The molecule has 0 unspecified atom stereocenters. The summed E-state index contributed by atoms with van der Waals surface area (Å²) in [6.45, 7) is 2.48. The maximum Gasteiger partial charge on any atom is 0.244 e. The number of hydrogen-bond acceptors (Lipinski definition) is 1. The maximum atomic E-state index is 11.3. The lowest BCUT2D eigenvalue weighted by molar-refractivity contribution is -0.116. The van der Waals surface area contributed by atoms with Crippen LogP contribution in [0.15, 0.2) is 54.6 Å². The summed E-state index contributed by atoms with van der Waals surface area (Å²) < 4.78 is 0. The van der Waals surface area contributed by atoms with Gasteiger partial charge in [0.15, 0.2) is 0 Å². The fraction of sp³-hybridized carbons (Fsp3) is 0.154. The van der Waals surface area contributed by atoms with Crippen molar-refractivity contribution in [1.29, 1.82) is 0 Å². The normalized spacial score (nSPS) is 11.0. The van der Waals surface area contributed by atoms with Crippen molar-refractivity contribution in [2.45, 2.75) is 13.5 Å². The van der Waals surface area contributed by atoms with E-state index >= 15 is 0 Å². The highest BCUT2D eigenvalue weighted by Crippen LogP contribution is 1.96. The molecule has 78 valence electrons. The fourth-order valence-electron chi connectivity index (χ4n) is 1.10. The van der Waals surface area contributed by atoms with Crippen molar-refractivity contribution in [3.8, 4) is 0 Å². The molecule has 1 aromatic rings. The molecule has 1 N–H and O–H groups in total. The highest BCUT2D eigenvalue weighted by Gasteiger charge is 1.94. The third kappa shape index (κ3) is 4.81. The van der Waals surface area contributed by atoms with Crippen LogP contribution < -0.4 is 5.32 Å². The molecule has 2 heteroatoms. The monoisotopic (exact) mass is 201 g/mol. The van der Waals surface area contributed by atoms with Gasteiger partial charge in [0, 0.05) is 12.6 Å². The van der Waals surface area contributed by atoms with E-state index < -0.39 is 0 Å². The summed E-state index contributed by atoms with van der Waals surface area (Å²) in [5.41, 5.74) is 1.10. The van der Waals surface area contributed by atoms with E-state index in [-0.39, 0.29) is 5.91 Å². The Bertz CT molecular complexity index is 352. The minimum Gasteiger partial charge on any atom is -0.348 e. The number of benzene rings is 1. The molecule has 15 heavy (non-hydrogen) atoms. The van der Waals surface area contributed by atoms with E-state index in [0.29, 0.717) is 6.54 Å². The molecular formula is C13H15NO. The molecule has 0 saturated heterocycles. The molecular weight excluding hydrogens is 186 g/mol. The van der Waals surface area contributed by atoms with Gasteiger partial charge in [-0.05, 0) is 12.5 Å². The molecule has 0 heterocycles. The lowest BCUT2D eigenvalue weighted by atomic mass is 10.2. The number of rotatable bonds is 4. The zero-order valence-corrected chi connectivity index (χ0v) is 8.81. The summed E-state index contributed by atoms with van der Waals surface area (Å²) in [4.78, 5) is 11.3. The molecule has 1 amide bonds. The molecule has 1 aromatic carbocycles. The van der Waals surface area contributed by atoms with E-state index in [9.17, 15) is 4.79 Å². The van der Waals surface area contributed by atoms with Gasteiger partial charge < -0.3 is 5.32 Å². The van der Waals surface area contributed by atoms with Gasteiger partial charge in [0.1, 0.15) is 0 Å². The van der Waals surface area contributed by atoms with Crippen molar-refractivity contribution in [2.75, 3.05) is 0 Å². The molecule has 0 aliphatic heterocycles. The summed E-state index contributed by atoms with van der Waals surface area (Å²) in [6, 6.07) is 9.83. The number of amides is 1. The minimum absolute atomic E-state index is 0.0723. The zero-order valence-electron chi connectivity index (χ0n) is 8.81. The van der Waals surface area contributed by atoms with Crippen LogP contribution in [0.3, 0.4) is 0 Å². The SMILES string of the molecule is C/C=C/C=C/C(=O)NCc1ccccc1. The smallest absolute Gasteiger partial charge is 0.244 e. The molecule has 0 atom stereocenters. The fourth-order valence-corrected chi connectivity index (χ4v) is 1.10. The van der Waals surface area contributed by atoms with E-state index in [2.05, 4.69) is 5.32 Å². The van der Waals surface area contributed by atoms with Gasteiger partial charge in [0.2, 0.25) is 5.91 Å². The number of allylic oxidation sites excluding steroid dienone is 3. The van der Waals surface area contributed by atoms with Crippen molar-refractivity contribution < 1.29 is 4.79 Å². The summed E-state index contributed by atoms with van der Waals surface area (Å²) in [5, 5.41) is 2.80. The summed E-state index contributed by atoms with van der Waals surface area (Å²) in [5.74, 6) is -0.0723. The van der Waals surface area contributed by atoms with Crippen LogP contribution in [-0.2, 0) is 11.3 Å². The first-order valence-corrected chi connectivity index (χ1v) is 4.94. The minimum atomic E-state index is -0.0723. The molecule has 0 aliphatic carbocycles. The van der Waals surface area contributed by atoms with Gasteiger partial charge in [-0.2, -0.15) is 0 Å². The molecule has 0 bridgehead atoms. The first-order valence-electron chi connectivity index (χ1n) is 4.94. The second kappa shape index (κ2) is 6.60. The van der Waals surface area contributed by atoms with Crippen molar-refractivity contribution in [3.63, 3.8) is 0 Å². The molecule has 0 aliphatic rings. The number of nitrogens with one attached hydrogen (secondary N) is 1. The number of carbonyl (C=O) groups is 1. The van der Waals surface area contributed by atoms with Crippen molar-refractivity contribution >= 4 is 5.91 Å². The average Bonchev–Trinajstić information content (AvgIpc) is 2.28. The van der Waals surface area contributed by atoms with Gasteiger partial charge in [0.25, 0.3) is 0 Å². The molecule has 1 rings (SSSR count). The Morgan fingerprint density at radius 1 is 1.27 bits per heavy atom. The summed E-state index contributed by atoms with van der Waals surface area (Å²) in [6.07, 6.45) is 6.94. The third-order valence-electron chi connectivity index (χ3n) is 1.86. The summed E-state index contributed by atoms with van der Waals surface area (Å²) >= 11 is 0. The van der Waals surface area contributed by atoms with Gasteiger partial charge in [-0.3, -0.25) is 4.79 Å². The molecule has 0 saturated carbocycles. The predicted molar refractivity (Wildman–Crippen MR) is 62.2 cm³/mol. The van der Waals surface area contributed by atoms with E-state index in [0.717, 1.165) is 5.56 Å². The van der Waals surface area contributed by atoms with Crippen LogP contribution in [0, 0.1) is 0 Å². The largest absolute Gasteiger partial charge is 0.348 e. The van der Waals surface area contributed by atoms with Gasteiger partial charge in [-0.15, -0.1) is 0 Å². The molecule has 0 spiro atoms. The van der Waals surface area contributed by atoms with Crippen LogP contribution >= 0.6 is 0 Å². The van der Waals surface area contributed by atoms with E-state index in [1.807, 2.05) is 49.4 Å². The summed E-state index contributed by atoms with van der Waals surface area (Å²) in [7, 11) is 0. The van der Waals surface area contributed by atoms with E-state index in [4.69, 9.17) is 0 Å². The van der Waals surface area contributed by atoms with Crippen LogP contribution in [0.2, 0.25) is 0 Å². The molecule has 0 aromatic heterocycles. The average molecular weight is 201 g/mol. The van der Waals surface area contributed by atoms with Crippen LogP contribution in [0.5, 0.6) is 0 Å². The van der Waals surface area contributed by atoms with E-state index in [1.165, 1.54) is 6.08 Å². The zero-order chi connectivity index (χ0) is 10.9. The first-order chi connectivity index (χ1) is 7.33. The van der Waals surface area contributed by atoms with Gasteiger partial charge >= 0.3 is 0 Å². The number of carbonyl (C=O) groups excluding carboxylic acids is 1. The van der Waals surface area contributed by atoms with Crippen LogP contribution in [0.25, 0.3) is 0 Å². The van der Waals surface area contributed by atoms with Crippen LogP contribution in [0.4, 0.5) is 0 Å². The second-order valence-corrected chi connectivity index (χ2v) is 3.09. The molecule has 0 radical (unpaired) electrons. The quantitative estimate of drug-likeness (QED) is 0.588. The van der Waals surface area contributed by atoms with Gasteiger partial charge in [-0.25, -0.2) is 0 Å². The van der Waals surface area contributed by atoms with Crippen molar-refractivity contribution in [1.82, 2.24) is 5.32 Å². The molecule has 2 nitrogen and oxygen atoms in total. The Labute approximate surface area is 90.3 Å². The lowest BCUT2D eigenvalue weighted by Gasteiger charge is -2.01. The second-order valence-electron chi connectivity index (χ2n) is 3.09. The Morgan fingerprint density at radius 3 is 2.67 bits per heavy atom. The highest BCUT2D eigenvalue weighted by atomic mass is 16.1. The van der Waals surface area contributed by atoms with Crippen molar-refractivity contribution in [3.05, 3.63) is 60.2 Å².